The molecule has 7 nitrogen and oxygen atoms in total. The molecule has 1 saturated heterocycles. The smallest absolute Gasteiger partial charge is 0.300 e. The van der Waals surface area contributed by atoms with Gasteiger partial charge in [0.15, 0.2) is 5.76 Å². The number of aromatic nitrogens is 1. The molecule has 158 valence electrons. The number of benzene rings is 2. The normalized spacial score (nSPS) is 14.1. The van der Waals surface area contributed by atoms with E-state index in [0.29, 0.717) is 11.1 Å². The highest BCUT2D eigenvalue weighted by Crippen LogP contribution is 2.30. The van der Waals surface area contributed by atoms with E-state index in [0.717, 1.165) is 19.5 Å². The van der Waals surface area contributed by atoms with Crippen LogP contribution in [0.5, 0.6) is 0 Å². The number of furan rings is 1. The quantitative estimate of drug-likeness (QED) is 0.462. The molecule has 3 heterocycles. The van der Waals surface area contributed by atoms with Gasteiger partial charge in [-0.2, -0.15) is 0 Å². The van der Waals surface area contributed by atoms with E-state index in [1.807, 2.05) is 9.62 Å². The second kappa shape index (κ2) is 7.21. The summed E-state index contributed by atoms with van der Waals surface area (Å²) in [4.78, 5) is 18.5. The summed E-state index contributed by atoms with van der Waals surface area (Å²) in [6, 6.07) is 11.9. The third kappa shape index (κ3) is 3.49. The van der Waals surface area contributed by atoms with Gasteiger partial charge in [-0.15, -0.1) is 0 Å². The van der Waals surface area contributed by atoms with E-state index < -0.39 is 21.7 Å². The van der Waals surface area contributed by atoms with Gasteiger partial charge in [0, 0.05) is 36.3 Å². The molecule has 0 aliphatic carbocycles. The minimum atomic E-state index is -4.30. The van der Waals surface area contributed by atoms with Crippen LogP contribution in [0.2, 0.25) is 5.15 Å². The molecule has 1 fully saturated rings. The molecule has 0 spiro atoms. The second-order valence-electron chi connectivity index (χ2n) is 7.19. The van der Waals surface area contributed by atoms with Crippen molar-refractivity contribution in [3.05, 3.63) is 65.3 Å². The van der Waals surface area contributed by atoms with Crippen molar-refractivity contribution in [2.75, 3.05) is 18.0 Å². The number of rotatable bonds is 4. The predicted molar refractivity (Wildman–Crippen MR) is 114 cm³/mol. The maximum Gasteiger partial charge on any atom is 0.300 e. The van der Waals surface area contributed by atoms with Crippen molar-refractivity contribution < 1.29 is 22.0 Å². The van der Waals surface area contributed by atoms with Crippen molar-refractivity contribution in [3.8, 4) is 0 Å². The number of anilines is 1. The number of sulfonamides is 1. The van der Waals surface area contributed by atoms with Crippen molar-refractivity contribution >= 4 is 55.1 Å². The third-order valence-electron chi connectivity index (χ3n) is 5.18. The summed E-state index contributed by atoms with van der Waals surface area (Å²) in [6.45, 7) is 1.64. The molecule has 10 heteroatoms. The van der Waals surface area contributed by atoms with Gasteiger partial charge < -0.3 is 9.32 Å². The molecule has 0 unspecified atom stereocenters. The Balaban J connectivity index is 1.49. The molecule has 1 aliphatic heterocycles. The van der Waals surface area contributed by atoms with Gasteiger partial charge in [0.2, 0.25) is 0 Å². The van der Waals surface area contributed by atoms with Crippen molar-refractivity contribution in [2.45, 2.75) is 11.3 Å². The highest BCUT2D eigenvalue weighted by Gasteiger charge is 2.25. The summed E-state index contributed by atoms with van der Waals surface area (Å²) in [5.41, 5.74) is 0.956. The fourth-order valence-electron chi connectivity index (χ4n) is 3.49. The first-order valence-electron chi connectivity index (χ1n) is 9.42. The van der Waals surface area contributed by atoms with Crippen LogP contribution in [0.15, 0.2) is 57.8 Å². The number of para-hydroxylation sites is 1. The maximum atomic E-state index is 14.5. The lowest BCUT2D eigenvalue weighted by Gasteiger charge is -2.33. The average Bonchev–Trinajstić information content (AvgIpc) is 3.11. The Morgan fingerprint density at radius 1 is 1.16 bits per heavy atom. The van der Waals surface area contributed by atoms with Gasteiger partial charge in [0.25, 0.3) is 10.0 Å². The fraction of sp³-hybridized carbons (Fsp3) is 0.143. The van der Waals surface area contributed by atoms with Crippen LogP contribution in [-0.2, 0) is 10.0 Å². The van der Waals surface area contributed by atoms with E-state index in [-0.39, 0.29) is 32.3 Å². The minimum Gasteiger partial charge on any atom is -0.451 e. The molecule has 2 aromatic heterocycles. The third-order valence-corrected chi connectivity index (χ3v) is 6.76. The summed E-state index contributed by atoms with van der Waals surface area (Å²) >= 11 is 5.90. The summed E-state index contributed by atoms with van der Waals surface area (Å²) < 4.78 is 47.7. The lowest BCUT2D eigenvalue weighted by molar-refractivity contribution is 0.0956. The largest absolute Gasteiger partial charge is 0.451 e. The predicted octanol–water partition coefficient (Wildman–Crippen LogP) is 4.10. The minimum absolute atomic E-state index is 0.102. The summed E-state index contributed by atoms with van der Waals surface area (Å²) in [6.07, 6.45) is 1.03. The van der Waals surface area contributed by atoms with Gasteiger partial charge in [-0.3, -0.25) is 4.79 Å². The van der Waals surface area contributed by atoms with Crippen LogP contribution in [0.4, 0.5) is 10.1 Å². The number of nitrogens with zero attached hydrogens (tertiary/aromatic N) is 2. The Hall–Kier alpha value is -3.17. The Labute approximate surface area is 181 Å². The second-order valence-corrected chi connectivity index (χ2v) is 9.23. The Kier molecular flexibility index (Phi) is 4.60. The number of nitrogens with one attached hydrogen (secondary N) is 1. The van der Waals surface area contributed by atoms with Crippen LogP contribution < -0.4 is 9.62 Å². The van der Waals surface area contributed by atoms with Crippen molar-refractivity contribution in [3.63, 3.8) is 0 Å². The maximum absolute atomic E-state index is 14.5. The van der Waals surface area contributed by atoms with E-state index in [9.17, 15) is 17.6 Å². The van der Waals surface area contributed by atoms with Gasteiger partial charge >= 0.3 is 5.91 Å². The van der Waals surface area contributed by atoms with E-state index in [1.165, 1.54) is 30.3 Å². The molecule has 1 amide bonds. The molecular formula is C21H15ClFN3O4S. The topological polar surface area (TPSA) is 92.5 Å². The van der Waals surface area contributed by atoms with Crippen LogP contribution in [0.3, 0.4) is 0 Å². The van der Waals surface area contributed by atoms with Crippen molar-refractivity contribution in [2.24, 2.45) is 0 Å². The van der Waals surface area contributed by atoms with Crippen LogP contribution in [0.1, 0.15) is 17.0 Å². The monoisotopic (exact) mass is 459 g/mol. The summed E-state index contributed by atoms with van der Waals surface area (Å²) in [7, 11) is -4.30. The van der Waals surface area contributed by atoms with E-state index >= 15 is 0 Å². The Morgan fingerprint density at radius 2 is 1.97 bits per heavy atom. The van der Waals surface area contributed by atoms with Gasteiger partial charge in [0.05, 0.1) is 10.9 Å². The van der Waals surface area contributed by atoms with Crippen LogP contribution >= 0.6 is 11.6 Å². The number of halogens is 2. The molecule has 5 rings (SSSR count). The van der Waals surface area contributed by atoms with E-state index in [1.54, 1.807) is 18.2 Å². The number of pyridine rings is 1. The average molecular weight is 460 g/mol. The van der Waals surface area contributed by atoms with Crippen molar-refractivity contribution in [1.82, 2.24) is 9.71 Å². The van der Waals surface area contributed by atoms with Gasteiger partial charge in [0.1, 0.15) is 21.4 Å². The standard InChI is InChI=1S/C21H15ClFN3O4S/c22-19-6-5-12-3-1-4-18(20(12)24-19)31(28,29)25-21(27)17-11-14-15(23)9-13(10-16(14)30-17)26-7-2-8-26/h1,3-6,9-11H,2,7-8H2,(H,25,27). The first-order chi connectivity index (χ1) is 14.8. The number of fused-ring (bicyclic) bond motifs is 2. The molecule has 2 aromatic carbocycles. The molecule has 0 saturated carbocycles. The molecule has 31 heavy (non-hydrogen) atoms. The molecule has 1 N–H and O–H groups in total. The highest BCUT2D eigenvalue weighted by molar-refractivity contribution is 7.90. The lowest BCUT2D eigenvalue weighted by atomic mass is 10.1. The lowest BCUT2D eigenvalue weighted by Crippen LogP contribution is -2.36. The Morgan fingerprint density at radius 3 is 2.71 bits per heavy atom. The number of amides is 1. The van der Waals surface area contributed by atoms with Gasteiger partial charge in [-0.1, -0.05) is 23.7 Å². The fourth-order valence-corrected chi connectivity index (χ4v) is 4.77. The number of hydrogen-bond acceptors (Lipinski definition) is 6. The first kappa shape index (κ1) is 19.8. The zero-order chi connectivity index (χ0) is 21.8. The number of carbonyl (C=O) groups is 1. The first-order valence-corrected chi connectivity index (χ1v) is 11.3. The molecule has 1 aliphatic rings. The zero-order valence-corrected chi connectivity index (χ0v) is 17.5. The zero-order valence-electron chi connectivity index (χ0n) is 15.9. The van der Waals surface area contributed by atoms with E-state index in [2.05, 4.69) is 4.98 Å². The SMILES string of the molecule is O=C(NS(=O)(=O)c1cccc2ccc(Cl)nc12)c1cc2c(F)cc(N3CCC3)cc2o1. The van der Waals surface area contributed by atoms with Gasteiger partial charge in [-0.05, 0) is 30.7 Å². The molecule has 0 bridgehead atoms. The number of carbonyl (C=O) groups excluding carboxylic acids is 1. The molecule has 0 atom stereocenters. The van der Waals surface area contributed by atoms with Crippen LogP contribution in [-0.4, -0.2) is 32.4 Å². The summed E-state index contributed by atoms with van der Waals surface area (Å²) in [5, 5.41) is 0.765. The molecule has 4 aromatic rings. The van der Waals surface area contributed by atoms with E-state index in [4.69, 9.17) is 16.0 Å². The van der Waals surface area contributed by atoms with Gasteiger partial charge in [-0.25, -0.2) is 22.5 Å². The summed E-state index contributed by atoms with van der Waals surface area (Å²) in [5.74, 6) is -1.87. The Bertz CT molecular complexity index is 1460. The molecule has 0 radical (unpaired) electrons. The van der Waals surface area contributed by atoms with Crippen molar-refractivity contribution in [1.29, 1.82) is 0 Å². The molecular weight excluding hydrogens is 445 g/mol. The highest BCUT2D eigenvalue weighted by atomic mass is 35.5. The number of hydrogen-bond donors (Lipinski definition) is 1. The van der Waals surface area contributed by atoms with Crippen LogP contribution in [0.25, 0.3) is 21.9 Å². The van der Waals surface area contributed by atoms with Crippen LogP contribution in [0, 0.1) is 5.82 Å².